The number of anilines is 1. The molecule has 7 nitrogen and oxygen atoms in total. The first-order valence-corrected chi connectivity index (χ1v) is 9.20. The van der Waals surface area contributed by atoms with Crippen LogP contribution in [0.5, 0.6) is 11.5 Å². The van der Waals surface area contributed by atoms with E-state index in [9.17, 15) is 14.0 Å². The van der Waals surface area contributed by atoms with Gasteiger partial charge >= 0.3 is 0 Å². The Morgan fingerprint density at radius 1 is 1.14 bits per heavy atom. The van der Waals surface area contributed by atoms with Gasteiger partial charge in [0.15, 0.2) is 11.5 Å². The molecule has 0 saturated heterocycles. The second-order valence-corrected chi connectivity index (χ2v) is 6.11. The Hall–Kier alpha value is -3.42. The average Bonchev–Trinajstić information content (AvgIpc) is 2.70. The van der Waals surface area contributed by atoms with Gasteiger partial charge in [-0.25, -0.2) is 9.82 Å². The summed E-state index contributed by atoms with van der Waals surface area (Å²) >= 11 is 0. The molecule has 2 aromatic carbocycles. The molecule has 0 fully saturated rings. The van der Waals surface area contributed by atoms with E-state index in [0.29, 0.717) is 23.7 Å². The number of amides is 2. The fourth-order valence-corrected chi connectivity index (χ4v) is 2.33. The lowest BCUT2D eigenvalue weighted by Gasteiger charge is -2.10. The van der Waals surface area contributed by atoms with Crippen LogP contribution in [-0.2, 0) is 9.59 Å². The summed E-state index contributed by atoms with van der Waals surface area (Å²) in [5.41, 5.74) is 2.96. The first kappa shape index (κ1) is 21.9. The highest BCUT2D eigenvalue weighted by atomic mass is 19.1. The summed E-state index contributed by atoms with van der Waals surface area (Å²) in [6.07, 6.45) is 2.91. The highest BCUT2D eigenvalue weighted by Gasteiger charge is 2.11. The van der Waals surface area contributed by atoms with Crippen molar-refractivity contribution < 1.29 is 23.5 Å². The molecule has 0 heterocycles. The minimum atomic E-state index is -0.641. The summed E-state index contributed by atoms with van der Waals surface area (Å²) in [6, 6.07) is 11.0. The molecular formula is C21H24FN3O4. The van der Waals surface area contributed by atoms with Gasteiger partial charge in [0.05, 0.1) is 25.6 Å². The predicted molar refractivity (Wildman–Crippen MR) is 109 cm³/mol. The summed E-state index contributed by atoms with van der Waals surface area (Å²) in [4.78, 5) is 23.6. The highest BCUT2D eigenvalue weighted by Crippen LogP contribution is 2.27. The van der Waals surface area contributed by atoms with Gasteiger partial charge < -0.3 is 14.8 Å². The lowest BCUT2D eigenvalue weighted by Crippen LogP contribution is -2.24. The molecule has 0 bridgehead atoms. The molecule has 0 aliphatic heterocycles. The number of benzene rings is 2. The van der Waals surface area contributed by atoms with Crippen molar-refractivity contribution in [2.24, 2.45) is 5.10 Å². The Kier molecular flexibility index (Phi) is 8.62. The molecule has 2 aromatic rings. The number of hydrogen-bond acceptors (Lipinski definition) is 5. The molecule has 0 atom stereocenters. The van der Waals surface area contributed by atoms with Crippen LogP contribution < -0.4 is 20.2 Å². The summed E-state index contributed by atoms with van der Waals surface area (Å²) in [5.74, 6) is -0.650. The largest absolute Gasteiger partial charge is 0.493 e. The van der Waals surface area contributed by atoms with E-state index in [-0.39, 0.29) is 5.69 Å². The summed E-state index contributed by atoms with van der Waals surface area (Å²) in [5, 5.41) is 6.16. The van der Waals surface area contributed by atoms with Crippen LogP contribution in [0.15, 0.2) is 47.6 Å². The standard InChI is InChI=1S/C21H24FN3O4/c1-3-4-11-29-18-10-9-15(12-19(18)28-2)14-23-25-21(27)13-20(26)24-17-8-6-5-7-16(17)22/h5-10,12,14H,3-4,11,13H2,1-2H3,(H,24,26)(H,25,27). The fraction of sp³-hybridized carbons (Fsp3) is 0.286. The van der Waals surface area contributed by atoms with E-state index >= 15 is 0 Å². The number of carbonyl (C=O) groups excluding carboxylic acids is 2. The third kappa shape index (κ3) is 7.25. The van der Waals surface area contributed by atoms with Gasteiger partial charge in [0.25, 0.3) is 0 Å². The second kappa shape index (κ2) is 11.4. The number of nitrogens with one attached hydrogen (secondary N) is 2. The van der Waals surface area contributed by atoms with Crippen LogP contribution in [0.2, 0.25) is 0 Å². The van der Waals surface area contributed by atoms with Gasteiger partial charge in [-0.3, -0.25) is 9.59 Å². The number of nitrogens with zero attached hydrogens (tertiary/aromatic N) is 1. The Bertz CT molecular complexity index is 871. The zero-order chi connectivity index (χ0) is 21.1. The molecule has 29 heavy (non-hydrogen) atoms. The molecule has 8 heteroatoms. The number of unbranched alkanes of at least 4 members (excludes halogenated alkanes) is 1. The number of methoxy groups -OCH3 is 1. The fourth-order valence-electron chi connectivity index (χ4n) is 2.33. The number of para-hydroxylation sites is 1. The van der Waals surface area contributed by atoms with Gasteiger partial charge in [-0.2, -0.15) is 5.10 Å². The van der Waals surface area contributed by atoms with Gasteiger partial charge in [0.1, 0.15) is 12.2 Å². The van der Waals surface area contributed by atoms with Crippen molar-refractivity contribution in [1.29, 1.82) is 0 Å². The van der Waals surface area contributed by atoms with Gasteiger partial charge in [0, 0.05) is 0 Å². The molecule has 0 radical (unpaired) electrons. The number of rotatable bonds is 10. The zero-order valence-corrected chi connectivity index (χ0v) is 16.4. The minimum absolute atomic E-state index is 0.0159. The number of hydrogen-bond donors (Lipinski definition) is 2. The maximum Gasteiger partial charge on any atom is 0.249 e. The smallest absolute Gasteiger partial charge is 0.249 e. The third-order valence-corrected chi connectivity index (χ3v) is 3.82. The Morgan fingerprint density at radius 2 is 1.93 bits per heavy atom. The number of carbonyl (C=O) groups is 2. The van der Waals surface area contributed by atoms with Crippen molar-refractivity contribution in [2.75, 3.05) is 19.0 Å². The summed E-state index contributed by atoms with van der Waals surface area (Å²) in [7, 11) is 1.54. The van der Waals surface area contributed by atoms with E-state index in [0.717, 1.165) is 12.8 Å². The summed E-state index contributed by atoms with van der Waals surface area (Å²) < 4.78 is 24.5. The van der Waals surface area contributed by atoms with Gasteiger partial charge in [-0.05, 0) is 42.3 Å². The molecular weight excluding hydrogens is 377 g/mol. The first-order valence-electron chi connectivity index (χ1n) is 9.20. The number of halogens is 1. The van der Waals surface area contributed by atoms with Crippen molar-refractivity contribution in [2.45, 2.75) is 26.2 Å². The lowest BCUT2D eigenvalue weighted by molar-refractivity contribution is -0.126. The monoisotopic (exact) mass is 401 g/mol. The van der Waals surface area contributed by atoms with Crippen molar-refractivity contribution >= 4 is 23.7 Å². The molecule has 0 aliphatic rings. The van der Waals surface area contributed by atoms with Crippen LogP contribution in [0.3, 0.4) is 0 Å². The Labute approximate surface area is 168 Å². The van der Waals surface area contributed by atoms with Crippen LogP contribution in [0, 0.1) is 5.82 Å². The van der Waals surface area contributed by atoms with Crippen molar-refractivity contribution in [3.05, 3.63) is 53.8 Å². The van der Waals surface area contributed by atoms with Gasteiger partial charge in [0.2, 0.25) is 11.8 Å². The maximum atomic E-state index is 13.5. The quantitative estimate of drug-likeness (QED) is 0.276. The van der Waals surface area contributed by atoms with E-state index in [1.807, 2.05) is 0 Å². The average molecular weight is 401 g/mol. The zero-order valence-electron chi connectivity index (χ0n) is 16.4. The molecule has 2 N–H and O–H groups in total. The Morgan fingerprint density at radius 3 is 2.66 bits per heavy atom. The van der Waals surface area contributed by atoms with E-state index in [1.54, 1.807) is 31.4 Å². The maximum absolute atomic E-state index is 13.5. The topological polar surface area (TPSA) is 89.0 Å². The van der Waals surface area contributed by atoms with Crippen molar-refractivity contribution in [3.63, 3.8) is 0 Å². The Balaban J connectivity index is 1.86. The van der Waals surface area contributed by atoms with Crippen molar-refractivity contribution in [3.8, 4) is 11.5 Å². The number of hydrazone groups is 1. The molecule has 0 aliphatic carbocycles. The molecule has 2 rings (SSSR count). The van der Waals surface area contributed by atoms with Gasteiger partial charge in [-0.1, -0.05) is 25.5 Å². The van der Waals surface area contributed by atoms with Crippen LogP contribution in [0.25, 0.3) is 0 Å². The molecule has 154 valence electrons. The van der Waals surface area contributed by atoms with Crippen molar-refractivity contribution in [1.82, 2.24) is 5.43 Å². The van der Waals surface area contributed by atoms with Crippen LogP contribution in [-0.4, -0.2) is 31.7 Å². The lowest BCUT2D eigenvalue weighted by atomic mass is 10.2. The molecule has 0 spiro atoms. The summed E-state index contributed by atoms with van der Waals surface area (Å²) in [6.45, 7) is 2.68. The predicted octanol–water partition coefficient (Wildman–Crippen LogP) is 3.49. The van der Waals surface area contributed by atoms with Gasteiger partial charge in [-0.15, -0.1) is 0 Å². The van der Waals surface area contributed by atoms with E-state index in [1.165, 1.54) is 24.4 Å². The highest BCUT2D eigenvalue weighted by molar-refractivity contribution is 6.03. The first-order chi connectivity index (χ1) is 14.0. The van der Waals surface area contributed by atoms with E-state index in [2.05, 4.69) is 22.8 Å². The van der Waals surface area contributed by atoms with Crippen LogP contribution in [0.4, 0.5) is 10.1 Å². The SMILES string of the molecule is CCCCOc1ccc(C=NNC(=O)CC(=O)Nc2ccccc2F)cc1OC. The number of ether oxygens (including phenoxy) is 2. The van der Waals surface area contributed by atoms with E-state index < -0.39 is 24.1 Å². The molecule has 2 amide bonds. The molecule has 0 unspecified atom stereocenters. The molecule has 0 saturated carbocycles. The minimum Gasteiger partial charge on any atom is -0.493 e. The normalized spacial score (nSPS) is 10.6. The van der Waals surface area contributed by atoms with Crippen LogP contribution in [0.1, 0.15) is 31.7 Å². The third-order valence-electron chi connectivity index (χ3n) is 3.82. The van der Waals surface area contributed by atoms with Crippen LogP contribution >= 0.6 is 0 Å². The second-order valence-electron chi connectivity index (χ2n) is 6.11. The molecule has 0 aromatic heterocycles. The van der Waals surface area contributed by atoms with E-state index in [4.69, 9.17) is 9.47 Å².